The van der Waals surface area contributed by atoms with E-state index in [1.54, 1.807) is 0 Å². The van der Waals surface area contributed by atoms with Gasteiger partial charge in [0.15, 0.2) is 6.29 Å². The molecule has 1 aliphatic carbocycles. The van der Waals surface area contributed by atoms with E-state index in [1.807, 2.05) is 0 Å². The number of amides is 2. The van der Waals surface area contributed by atoms with Gasteiger partial charge < -0.3 is 61.0 Å². The van der Waals surface area contributed by atoms with Crippen LogP contribution in [-0.2, 0) is 19.1 Å². The normalized spacial score (nSPS) is 43.4. The fourth-order valence-electron chi connectivity index (χ4n) is 3.57. The van der Waals surface area contributed by atoms with Gasteiger partial charge in [-0.25, -0.2) is 0 Å². The zero-order valence-electron chi connectivity index (χ0n) is 17.0. The van der Waals surface area contributed by atoms with Gasteiger partial charge in [-0.2, -0.15) is 12.6 Å². The average molecular weight is 486 g/mol. The van der Waals surface area contributed by atoms with E-state index in [1.165, 1.54) is 6.92 Å². The lowest BCUT2D eigenvalue weighted by Gasteiger charge is -2.47. The number of hydrogen-bond acceptors (Lipinski definition) is 13. The highest BCUT2D eigenvalue weighted by Gasteiger charge is 2.53. The van der Waals surface area contributed by atoms with Crippen LogP contribution in [0.1, 0.15) is 6.92 Å². The number of nitrogens with one attached hydrogen (secondary N) is 2. The monoisotopic (exact) mass is 486 g/mol. The molecule has 1 aliphatic heterocycles. The molecule has 14 nitrogen and oxygen atoms in total. The van der Waals surface area contributed by atoms with Gasteiger partial charge in [-0.05, 0) is 0 Å². The molecule has 1 saturated heterocycles. The first-order valence-electron chi connectivity index (χ1n) is 9.81. The Hall–Kier alpha value is -1.11. The van der Waals surface area contributed by atoms with E-state index in [0.29, 0.717) is 0 Å². The summed E-state index contributed by atoms with van der Waals surface area (Å²) in [6, 6.07) is -2.68. The third kappa shape index (κ3) is 5.68. The standard InChI is InChI=1S/C17H30N2O12S/c1-4(21)18-5(3-32)16(29)19-7-9(23)8(22)6(2-20)30-17(7)31-15-13(27)11(25)10(24)12(26)14(15)28/h5-15,17,20,22-28,32H,2-3H2,1H3,(H,18,21)(H,19,29)/t5-,6+,7-,8-,9-,10?,11-,12+,13+,14-,15?,17+/m0/s1. The summed E-state index contributed by atoms with van der Waals surface area (Å²) in [5, 5.41) is 84.6. The minimum absolute atomic E-state index is 0.126. The molecule has 2 amide bonds. The molecule has 2 rings (SSSR count). The van der Waals surface area contributed by atoms with Crippen LogP contribution in [0.3, 0.4) is 0 Å². The first-order valence-corrected chi connectivity index (χ1v) is 10.4. The molecule has 0 aromatic heterocycles. The van der Waals surface area contributed by atoms with E-state index < -0.39 is 91.7 Å². The van der Waals surface area contributed by atoms with E-state index in [0.717, 1.165) is 0 Å². The topological polar surface area (TPSA) is 238 Å². The van der Waals surface area contributed by atoms with E-state index in [4.69, 9.17) is 9.47 Å². The summed E-state index contributed by atoms with van der Waals surface area (Å²) in [5.74, 6) is -1.51. The van der Waals surface area contributed by atoms with Crippen molar-refractivity contribution in [2.24, 2.45) is 0 Å². The summed E-state index contributed by atoms with van der Waals surface area (Å²) in [5.41, 5.74) is 0. The largest absolute Gasteiger partial charge is 0.394 e. The van der Waals surface area contributed by atoms with Crippen LogP contribution in [-0.4, -0.2) is 138 Å². The van der Waals surface area contributed by atoms with Gasteiger partial charge >= 0.3 is 0 Å². The van der Waals surface area contributed by atoms with Crippen LogP contribution in [0, 0.1) is 0 Å². The van der Waals surface area contributed by atoms with Gasteiger partial charge in [-0.1, -0.05) is 0 Å². The first kappa shape index (κ1) is 27.1. The van der Waals surface area contributed by atoms with Crippen molar-refractivity contribution in [3.8, 4) is 0 Å². The molecule has 1 saturated carbocycles. The first-order chi connectivity index (χ1) is 14.9. The number of carbonyl (C=O) groups is 2. The van der Waals surface area contributed by atoms with Crippen LogP contribution >= 0.6 is 12.6 Å². The van der Waals surface area contributed by atoms with Crippen molar-refractivity contribution in [2.45, 2.75) is 80.2 Å². The Kier molecular flexibility index (Phi) is 9.62. The molecule has 15 heteroatoms. The molecule has 0 spiro atoms. The maximum Gasteiger partial charge on any atom is 0.243 e. The average Bonchev–Trinajstić information content (AvgIpc) is 2.76. The van der Waals surface area contributed by atoms with Crippen LogP contribution < -0.4 is 10.6 Å². The van der Waals surface area contributed by atoms with E-state index in [-0.39, 0.29) is 5.75 Å². The molecule has 2 aliphatic rings. The van der Waals surface area contributed by atoms with Crippen molar-refractivity contribution in [2.75, 3.05) is 12.4 Å². The molecule has 32 heavy (non-hydrogen) atoms. The van der Waals surface area contributed by atoms with Crippen molar-refractivity contribution < 1.29 is 59.9 Å². The summed E-state index contributed by atoms with van der Waals surface area (Å²) in [6.07, 6.45) is -17.8. The van der Waals surface area contributed by atoms with Crippen LogP contribution in [0.25, 0.3) is 0 Å². The molecule has 2 fully saturated rings. The SMILES string of the molecule is CC(=O)N[C@@H](CS)C(=O)N[C@@H]1[C@@H](OC2[C@@H](O)[C@H](O)C(O)[C@H](O)[C@H]2O)O[C@H](CO)[C@H](O)[C@H]1O. The van der Waals surface area contributed by atoms with Gasteiger partial charge in [0.05, 0.1) is 6.61 Å². The molecular weight excluding hydrogens is 456 g/mol. The van der Waals surface area contributed by atoms with Crippen molar-refractivity contribution in [1.29, 1.82) is 0 Å². The molecule has 12 atom stereocenters. The van der Waals surface area contributed by atoms with Gasteiger partial charge in [0.1, 0.15) is 67.0 Å². The minimum Gasteiger partial charge on any atom is -0.394 e. The highest BCUT2D eigenvalue weighted by Crippen LogP contribution is 2.29. The third-order valence-electron chi connectivity index (χ3n) is 5.43. The Bertz CT molecular complexity index is 643. The van der Waals surface area contributed by atoms with Crippen molar-refractivity contribution in [3.05, 3.63) is 0 Å². The number of ether oxygens (including phenoxy) is 2. The van der Waals surface area contributed by atoms with Gasteiger partial charge in [0, 0.05) is 12.7 Å². The van der Waals surface area contributed by atoms with E-state index >= 15 is 0 Å². The Morgan fingerprint density at radius 1 is 0.938 bits per heavy atom. The number of thiol groups is 1. The summed E-state index contributed by atoms with van der Waals surface area (Å²) >= 11 is 3.97. The third-order valence-corrected chi connectivity index (χ3v) is 5.80. The lowest BCUT2D eigenvalue weighted by atomic mass is 9.84. The lowest BCUT2D eigenvalue weighted by molar-refractivity contribution is -0.319. The van der Waals surface area contributed by atoms with E-state index in [9.17, 15) is 50.4 Å². The summed E-state index contributed by atoms with van der Waals surface area (Å²) in [7, 11) is 0. The Balaban J connectivity index is 2.27. The summed E-state index contributed by atoms with van der Waals surface area (Å²) in [4.78, 5) is 23.8. The quantitative estimate of drug-likeness (QED) is 0.151. The predicted molar refractivity (Wildman–Crippen MR) is 106 cm³/mol. The fraction of sp³-hybridized carbons (Fsp3) is 0.882. The molecular formula is C17H30N2O12S. The van der Waals surface area contributed by atoms with Crippen LogP contribution in [0.4, 0.5) is 0 Å². The zero-order chi connectivity index (χ0) is 24.3. The van der Waals surface area contributed by atoms with Gasteiger partial charge in [0.25, 0.3) is 0 Å². The zero-order valence-corrected chi connectivity index (χ0v) is 17.9. The van der Waals surface area contributed by atoms with E-state index in [2.05, 4.69) is 23.3 Å². The second-order valence-electron chi connectivity index (χ2n) is 7.73. The number of hydrogen-bond donors (Lipinski definition) is 11. The molecule has 186 valence electrons. The fourth-order valence-corrected chi connectivity index (χ4v) is 3.83. The Labute approximate surface area is 188 Å². The van der Waals surface area contributed by atoms with Gasteiger partial charge in [-0.15, -0.1) is 0 Å². The highest BCUT2D eigenvalue weighted by atomic mass is 32.1. The molecule has 1 heterocycles. The van der Waals surface area contributed by atoms with Crippen molar-refractivity contribution in [3.63, 3.8) is 0 Å². The smallest absolute Gasteiger partial charge is 0.243 e. The number of aliphatic hydroxyl groups is 8. The lowest BCUT2D eigenvalue weighted by Crippen LogP contribution is -2.69. The number of rotatable bonds is 7. The number of carbonyl (C=O) groups excluding carboxylic acids is 2. The van der Waals surface area contributed by atoms with Crippen molar-refractivity contribution in [1.82, 2.24) is 10.6 Å². The molecule has 10 N–H and O–H groups in total. The summed E-state index contributed by atoms with van der Waals surface area (Å²) < 4.78 is 10.8. The van der Waals surface area contributed by atoms with Crippen LogP contribution in [0.2, 0.25) is 0 Å². The number of aliphatic hydroxyl groups excluding tert-OH is 8. The minimum atomic E-state index is -1.91. The second kappa shape index (κ2) is 11.3. The van der Waals surface area contributed by atoms with Crippen LogP contribution in [0.5, 0.6) is 0 Å². The maximum absolute atomic E-state index is 12.6. The Morgan fingerprint density at radius 2 is 1.47 bits per heavy atom. The molecule has 0 aromatic carbocycles. The molecule has 0 aromatic rings. The summed E-state index contributed by atoms with van der Waals surface area (Å²) in [6.45, 7) is 0.393. The Morgan fingerprint density at radius 3 is 1.94 bits per heavy atom. The molecule has 0 radical (unpaired) electrons. The van der Waals surface area contributed by atoms with Crippen LogP contribution in [0.15, 0.2) is 0 Å². The van der Waals surface area contributed by atoms with Gasteiger partial charge in [0.2, 0.25) is 11.8 Å². The predicted octanol–water partition coefficient (Wildman–Crippen LogP) is -6.45. The second-order valence-corrected chi connectivity index (χ2v) is 8.10. The van der Waals surface area contributed by atoms with Crippen molar-refractivity contribution >= 4 is 24.4 Å². The molecule has 0 bridgehead atoms. The maximum atomic E-state index is 12.6. The molecule has 2 unspecified atom stereocenters. The highest BCUT2D eigenvalue weighted by molar-refractivity contribution is 7.80. The van der Waals surface area contributed by atoms with Gasteiger partial charge in [-0.3, -0.25) is 9.59 Å².